The van der Waals surface area contributed by atoms with E-state index in [0.29, 0.717) is 6.42 Å². The smallest absolute Gasteiger partial charge is 0.309 e. The zero-order valence-electron chi connectivity index (χ0n) is 12.5. The van der Waals surface area contributed by atoms with Gasteiger partial charge in [0.1, 0.15) is 6.10 Å². The number of aliphatic hydroxyl groups excluding tert-OH is 1. The van der Waals surface area contributed by atoms with E-state index >= 15 is 0 Å². The zero-order valence-corrected chi connectivity index (χ0v) is 12.5. The van der Waals surface area contributed by atoms with Gasteiger partial charge in [-0.15, -0.1) is 12.3 Å². The third-order valence-electron chi connectivity index (χ3n) is 3.99. The van der Waals surface area contributed by atoms with E-state index in [1.807, 2.05) is 0 Å². The predicted octanol–water partition coefficient (Wildman–Crippen LogP) is 3.44. The minimum atomic E-state index is -0.254. The lowest BCUT2D eigenvalue weighted by Gasteiger charge is -2.05. The molecule has 0 amide bonds. The van der Waals surface area contributed by atoms with Crippen molar-refractivity contribution in [2.75, 3.05) is 6.61 Å². The summed E-state index contributed by atoms with van der Waals surface area (Å²) < 4.78 is 5.06. The number of terminal acetylenes is 1. The highest BCUT2D eigenvalue weighted by Crippen LogP contribution is 2.26. The largest absolute Gasteiger partial charge is 0.460 e. The summed E-state index contributed by atoms with van der Waals surface area (Å²) in [6.07, 6.45) is 17.3. The fraction of sp³-hybridized carbons (Fsp3) is 0.824. The van der Waals surface area contributed by atoms with Crippen LogP contribution < -0.4 is 0 Å². The molecule has 0 unspecified atom stereocenters. The van der Waals surface area contributed by atoms with Crippen LogP contribution in [0.2, 0.25) is 0 Å². The normalized spacial score (nSPS) is 21.7. The fourth-order valence-electron chi connectivity index (χ4n) is 2.75. The number of carbonyl (C=O) groups is 1. The van der Waals surface area contributed by atoms with Gasteiger partial charge in [-0.25, -0.2) is 0 Å². The highest BCUT2D eigenvalue weighted by molar-refractivity contribution is 5.74. The molecule has 0 saturated carbocycles. The van der Waals surface area contributed by atoms with E-state index in [2.05, 4.69) is 5.92 Å². The fourth-order valence-corrected chi connectivity index (χ4v) is 2.75. The first-order valence-electron chi connectivity index (χ1n) is 8.02. The first-order chi connectivity index (χ1) is 9.77. The summed E-state index contributed by atoms with van der Waals surface area (Å²) in [6, 6.07) is 0. The number of hydrogen-bond donors (Lipinski definition) is 1. The first kappa shape index (κ1) is 17.0. The molecule has 0 radical (unpaired) electrons. The maximum absolute atomic E-state index is 11.5. The Kier molecular flexibility index (Phi) is 9.15. The third kappa shape index (κ3) is 6.96. The molecule has 0 bridgehead atoms. The van der Waals surface area contributed by atoms with Gasteiger partial charge in [0.25, 0.3) is 0 Å². The second-order valence-electron chi connectivity index (χ2n) is 5.75. The van der Waals surface area contributed by atoms with Crippen molar-refractivity contribution >= 4 is 5.97 Å². The number of ether oxygens (including phenoxy) is 1. The molecule has 20 heavy (non-hydrogen) atoms. The maximum Gasteiger partial charge on any atom is 0.309 e. The number of unbranched alkanes of at least 4 members (excludes halogenated alkanes) is 8. The van der Waals surface area contributed by atoms with Crippen LogP contribution >= 0.6 is 0 Å². The van der Waals surface area contributed by atoms with E-state index in [1.165, 1.54) is 38.5 Å². The molecule has 114 valence electrons. The Morgan fingerprint density at radius 2 is 1.70 bits per heavy atom. The molecule has 0 aromatic heterocycles. The van der Waals surface area contributed by atoms with Crippen LogP contribution in [0.1, 0.15) is 70.6 Å². The van der Waals surface area contributed by atoms with Gasteiger partial charge >= 0.3 is 5.97 Å². The van der Waals surface area contributed by atoms with Crippen LogP contribution in [0.4, 0.5) is 0 Å². The van der Waals surface area contributed by atoms with Gasteiger partial charge in [-0.2, -0.15) is 0 Å². The lowest BCUT2D eigenvalue weighted by Crippen LogP contribution is -2.10. The molecule has 0 spiro atoms. The molecule has 3 nitrogen and oxygen atoms in total. The zero-order chi connectivity index (χ0) is 14.6. The number of esters is 1. The molecule has 1 aliphatic heterocycles. The molecule has 0 aromatic rings. The molecule has 3 heteroatoms. The Bertz CT molecular complexity index is 306. The molecule has 1 rings (SSSR count). The molecular weight excluding hydrogens is 252 g/mol. The summed E-state index contributed by atoms with van der Waals surface area (Å²) in [5, 5.41) is 8.96. The topological polar surface area (TPSA) is 46.5 Å². The Labute approximate surface area is 123 Å². The van der Waals surface area contributed by atoms with Gasteiger partial charge in [0, 0.05) is 6.42 Å². The number of cyclic esters (lactones) is 1. The average molecular weight is 280 g/mol. The van der Waals surface area contributed by atoms with Crippen molar-refractivity contribution in [1.29, 1.82) is 0 Å². The van der Waals surface area contributed by atoms with Crippen LogP contribution in [0, 0.1) is 18.3 Å². The number of hydrogen-bond acceptors (Lipinski definition) is 3. The van der Waals surface area contributed by atoms with Crippen molar-refractivity contribution in [3.05, 3.63) is 0 Å². The summed E-state index contributed by atoms with van der Waals surface area (Å²) in [5.41, 5.74) is 0. The van der Waals surface area contributed by atoms with E-state index in [0.717, 1.165) is 25.7 Å². The van der Waals surface area contributed by atoms with Crippen molar-refractivity contribution < 1.29 is 14.6 Å². The Morgan fingerprint density at radius 1 is 1.10 bits per heavy atom. The van der Waals surface area contributed by atoms with Crippen LogP contribution in [-0.4, -0.2) is 23.8 Å². The van der Waals surface area contributed by atoms with Crippen molar-refractivity contribution in [3.63, 3.8) is 0 Å². The second-order valence-corrected chi connectivity index (χ2v) is 5.75. The third-order valence-corrected chi connectivity index (χ3v) is 3.99. The molecule has 1 fully saturated rings. The number of aliphatic hydroxyl groups is 1. The van der Waals surface area contributed by atoms with Crippen molar-refractivity contribution in [3.8, 4) is 12.3 Å². The standard InChI is InChI=1S/C17H28O3/c1-2-3-4-5-6-7-8-9-10-11-12-15-13-16(14-18)20-17(15)19/h1,15-16,18H,3-14H2/t15-,16-/m0/s1. The Hall–Kier alpha value is -1.01. The minimum absolute atomic E-state index is 0.0240. The van der Waals surface area contributed by atoms with Gasteiger partial charge in [-0.3, -0.25) is 4.79 Å². The maximum atomic E-state index is 11.5. The molecular formula is C17H28O3. The molecule has 2 atom stereocenters. The monoisotopic (exact) mass is 280 g/mol. The molecule has 1 N–H and O–H groups in total. The van der Waals surface area contributed by atoms with Crippen LogP contribution in [0.3, 0.4) is 0 Å². The lowest BCUT2D eigenvalue weighted by atomic mass is 9.97. The van der Waals surface area contributed by atoms with E-state index in [9.17, 15) is 4.79 Å². The van der Waals surface area contributed by atoms with Crippen molar-refractivity contribution in [2.45, 2.75) is 76.7 Å². The number of rotatable bonds is 11. The molecule has 1 heterocycles. The molecule has 0 aromatic carbocycles. The minimum Gasteiger partial charge on any atom is -0.460 e. The van der Waals surface area contributed by atoms with Crippen LogP contribution in [0.25, 0.3) is 0 Å². The molecule has 1 aliphatic rings. The average Bonchev–Trinajstić information content (AvgIpc) is 2.81. The van der Waals surface area contributed by atoms with E-state index < -0.39 is 0 Å². The summed E-state index contributed by atoms with van der Waals surface area (Å²) in [7, 11) is 0. The Morgan fingerprint density at radius 3 is 2.25 bits per heavy atom. The predicted molar refractivity (Wildman–Crippen MR) is 80.1 cm³/mol. The van der Waals surface area contributed by atoms with Gasteiger partial charge in [0.2, 0.25) is 0 Å². The molecule has 1 saturated heterocycles. The van der Waals surface area contributed by atoms with Crippen molar-refractivity contribution in [2.24, 2.45) is 5.92 Å². The van der Waals surface area contributed by atoms with Crippen LogP contribution in [0.5, 0.6) is 0 Å². The van der Waals surface area contributed by atoms with Gasteiger partial charge in [0.05, 0.1) is 12.5 Å². The van der Waals surface area contributed by atoms with Crippen LogP contribution in [-0.2, 0) is 9.53 Å². The summed E-state index contributed by atoms with van der Waals surface area (Å²) in [6.45, 7) is -0.0398. The quantitative estimate of drug-likeness (QED) is 0.358. The highest BCUT2D eigenvalue weighted by atomic mass is 16.6. The highest BCUT2D eigenvalue weighted by Gasteiger charge is 2.33. The van der Waals surface area contributed by atoms with E-state index in [4.69, 9.17) is 16.3 Å². The van der Waals surface area contributed by atoms with E-state index in [-0.39, 0.29) is 24.6 Å². The van der Waals surface area contributed by atoms with Crippen molar-refractivity contribution in [1.82, 2.24) is 0 Å². The summed E-state index contributed by atoms with van der Waals surface area (Å²) >= 11 is 0. The van der Waals surface area contributed by atoms with Gasteiger partial charge in [-0.05, 0) is 19.3 Å². The lowest BCUT2D eigenvalue weighted by molar-refractivity contribution is -0.145. The van der Waals surface area contributed by atoms with Gasteiger partial charge < -0.3 is 9.84 Å². The number of carbonyl (C=O) groups excluding carboxylic acids is 1. The van der Waals surface area contributed by atoms with Crippen LogP contribution in [0.15, 0.2) is 0 Å². The molecule has 0 aliphatic carbocycles. The Balaban J connectivity index is 1.88. The van der Waals surface area contributed by atoms with Gasteiger partial charge in [-0.1, -0.05) is 44.9 Å². The van der Waals surface area contributed by atoms with Gasteiger partial charge in [0.15, 0.2) is 0 Å². The van der Waals surface area contributed by atoms with E-state index in [1.54, 1.807) is 0 Å². The summed E-state index contributed by atoms with van der Waals surface area (Å²) in [5.74, 6) is 2.58. The summed E-state index contributed by atoms with van der Waals surface area (Å²) in [4.78, 5) is 11.5. The second kappa shape index (κ2) is 10.7. The SMILES string of the molecule is C#CCCCCCCCCCC[C@H]1C[C@@H](CO)OC1=O. The first-order valence-corrected chi connectivity index (χ1v) is 8.02.